The summed E-state index contributed by atoms with van der Waals surface area (Å²) in [6.07, 6.45) is 0.728. The Hall–Kier alpha value is -1.62. The van der Waals surface area contributed by atoms with Crippen LogP contribution in [-0.4, -0.2) is 35.7 Å². The third-order valence-corrected chi connectivity index (χ3v) is 3.56. The number of nitrogens with zero attached hydrogens (tertiary/aromatic N) is 1. The van der Waals surface area contributed by atoms with Crippen molar-refractivity contribution in [1.29, 1.82) is 0 Å². The number of anilines is 1. The molecular weight excluding hydrogens is 247 g/mol. The van der Waals surface area contributed by atoms with Gasteiger partial charge in [-0.3, -0.25) is 4.79 Å². The molecule has 0 aromatic heterocycles. The van der Waals surface area contributed by atoms with Crippen LogP contribution in [0.2, 0.25) is 0 Å². The fourth-order valence-electron chi connectivity index (χ4n) is 2.59. The first-order valence-electron chi connectivity index (χ1n) is 6.39. The van der Waals surface area contributed by atoms with E-state index in [4.69, 9.17) is 0 Å². The molecule has 19 heavy (non-hydrogen) atoms. The first kappa shape index (κ1) is 13.8. The Morgan fingerprint density at radius 1 is 1.53 bits per heavy atom. The van der Waals surface area contributed by atoms with Gasteiger partial charge in [-0.15, -0.1) is 0 Å². The van der Waals surface area contributed by atoms with Crippen molar-refractivity contribution in [2.45, 2.75) is 31.8 Å². The molecule has 2 N–H and O–H groups in total. The third kappa shape index (κ3) is 2.71. The number of halogens is 1. The summed E-state index contributed by atoms with van der Waals surface area (Å²) >= 11 is 0. The van der Waals surface area contributed by atoms with Crippen LogP contribution in [-0.2, 0) is 4.79 Å². The van der Waals surface area contributed by atoms with Crippen LogP contribution in [0.4, 0.5) is 10.1 Å². The predicted molar refractivity (Wildman–Crippen MR) is 71.5 cm³/mol. The van der Waals surface area contributed by atoms with E-state index in [1.54, 1.807) is 17.0 Å². The third-order valence-electron chi connectivity index (χ3n) is 3.56. The van der Waals surface area contributed by atoms with Gasteiger partial charge in [-0.1, -0.05) is 6.07 Å². The van der Waals surface area contributed by atoms with Gasteiger partial charge in [-0.05, 0) is 38.5 Å². The lowest BCUT2D eigenvalue weighted by atomic mass is 9.96. The van der Waals surface area contributed by atoms with Gasteiger partial charge in [0, 0.05) is 17.8 Å². The summed E-state index contributed by atoms with van der Waals surface area (Å²) in [5, 5.41) is 12.3. The van der Waals surface area contributed by atoms with Crippen molar-refractivity contribution in [3.8, 4) is 0 Å². The van der Waals surface area contributed by atoms with Crippen molar-refractivity contribution in [3.05, 3.63) is 30.1 Å². The summed E-state index contributed by atoms with van der Waals surface area (Å²) in [5.74, 6) is -0.577. The largest absolute Gasteiger partial charge is 0.394 e. The fourth-order valence-corrected chi connectivity index (χ4v) is 2.59. The van der Waals surface area contributed by atoms with Crippen LogP contribution in [0.25, 0.3) is 0 Å². The molecule has 1 fully saturated rings. The number of amides is 1. The Kier molecular flexibility index (Phi) is 3.75. The Labute approximate surface area is 112 Å². The topological polar surface area (TPSA) is 52.6 Å². The summed E-state index contributed by atoms with van der Waals surface area (Å²) in [5.41, 5.74) is 0.265. The van der Waals surface area contributed by atoms with Gasteiger partial charge < -0.3 is 15.3 Å². The van der Waals surface area contributed by atoms with E-state index in [0.29, 0.717) is 12.2 Å². The molecule has 0 bridgehead atoms. The molecule has 1 aliphatic rings. The summed E-state index contributed by atoms with van der Waals surface area (Å²) in [6, 6.07) is 5.43. The number of rotatable bonds is 2. The molecule has 1 amide bonds. The van der Waals surface area contributed by atoms with E-state index >= 15 is 0 Å². The van der Waals surface area contributed by atoms with E-state index in [0.717, 1.165) is 6.42 Å². The highest BCUT2D eigenvalue weighted by Crippen LogP contribution is 2.31. The van der Waals surface area contributed by atoms with Crippen LogP contribution >= 0.6 is 0 Å². The monoisotopic (exact) mass is 266 g/mol. The minimum atomic E-state index is -0.695. The van der Waals surface area contributed by atoms with Gasteiger partial charge in [-0.2, -0.15) is 0 Å². The number of nitrogens with one attached hydrogen (secondary N) is 1. The Bertz CT molecular complexity index is 476. The molecule has 0 radical (unpaired) electrons. The SMILES string of the molecule is CC1(C)CCNC(=O)C(CO)N1c1cccc(F)c1. The van der Waals surface area contributed by atoms with Gasteiger partial charge in [0.25, 0.3) is 0 Å². The van der Waals surface area contributed by atoms with Crippen LogP contribution in [0, 0.1) is 5.82 Å². The van der Waals surface area contributed by atoms with Crippen molar-refractivity contribution in [3.63, 3.8) is 0 Å². The Morgan fingerprint density at radius 3 is 2.89 bits per heavy atom. The molecule has 0 aliphatic carbocycles. The van der Waals surface area contributed by atoms with Crippen LogP contribution < -0.4 is 10.2 Å². The molecule has 5 heteroatoms. The molecule has 1 aromatic carbocycles. The van der Waals surface area contributed by atoms with Gasteiger partial charge in [0.1, 0.15) is 11.9 Å². The van der Waals surface area contributed by atoms with Crippen molar-refractivity contribution in [2.75, 3.05) is 18.1 Å². The maximum atomic E-state index is 13.4. The highest BCUT2D eigenvalue weighted by Gasteiger charge is 2.38. The number of hydrogen-bond acceptors (Lipinski definition) is 3. The molecule has 1 aliphatic heterocycles. The number of aliphatic hydroxyl groups is 1. The van der Waals surface area contributed by atoms with Gasteiger partial charge >= 0.3 is 0 Å². The maximum absolute atomic E-state index is 13.4. The molecule has 1 atom stereocenters. The van der Waals surface area contributed by atoms with Gasteiger partial charge in [0.15, 0.2) is 0 Å². The first-order chi connectivity index (χ1) is 8.95. The van der Waals surface area contributed by atoms with Crippen LogP contribution in [0.5, 0.6) is 0 Å². The van der Waals surface area contributed by atoms with Crippen LogP contribution in [0.15, 0.2) is 24.3 Å². The van der Waals surface area contributed by atoms with Crippen molar-refractivity contribution >= 4 is 11.6 Å². The second kappa shape index (κ2) is 5.17. The van der Waals surface area contributed by atoms with E-state index in [2.05, 4.69) is 5.32 Å². The summed E-state index contributed by atoms with van der Waals surface area (Å²) in [6.45, 7) is 4.22. The smallest absolute Gasteiger partial charge is 0.245 e. The molecule has 104 valence electrons. The highest BCUT2D eigenvalue weighted by atomic mass is 19.1. The molecule has 1 unspecified atom stereocenters. The van der Waals surface area contributed by atoms with Gasteiger partial charge in [-0.25, -0.2) is 4.39 Å². The second-order valence-electron chi connectivity index (χ2n) is 5.40. The molecule has 1 saturated heterocycles. The van der Waals surface area contributed by atoms with E-state index in [9.17, 15) is 14.3 Å². The van der Waals surface area contributed by atoms with E-state index in [1.165, 1.54) is 12.1 Å². The number of carbonyl (C=O) groups is 1. The lowest BCUT2D eigenvalue weighted by Crippen LogP contribution is -2.54. The number of benzene rings is 1. The summed E-state index contributed by atoms with van der Waals surface area (Å²) in [4.78, 5) is 13.8. The molecule has 0 saturated carbocycles. The first-order valence-corrected chi connectivity index (χ1v) is 6.39. The molecular formula is C14H19FN2O2. The average molecular weight is 266 g/mol. The number of hydrogen-bond donors (Lipinski definition) is 2. The van der Waals surface area contributed by atoms with Crippen LogP contribution in [0.1, 0.15) is 20.3 Å². The zero-order valence-electron chi connectivity index (χ0n) is 11.2. The van der Waals surface area contributed by atoms with Crippen molar-refractivity contribution in [2.24, 2.45) is 0 Å². The highest BCUT2D eigenvalue weighted by molar-refractivity contribution is 5.86. The number of carbonyl (C=O) groups excluding carboxylic acids is 1. The summed E-state index contributed by atoms with van der Waals surface area (Å²) in [7, 11) is 0. The lowest BCUT2D eigenvalue weighted by Gasteiger charge is -2.42. The van der Waals surface area contributed by atoms with Crippen LogP contribution in [0.3, 0.4) is 0 Å². The molecule has 1 heterocycles. The minimum absolute atomic E-state index is 0.225. The van der Waals surface area contributed by atoms with Gasteiger partial charge in [0.05, 0.1) is 6.61 Å². The quantitative estimate of drug-likeness (QED) is 0.848. The Morgan fingerprint density at radius 2 is 2.26 bits per heavy atom. The molecule has 2 rings (SSSR count). The standard InChI is InChI=1S/C14H19FN2O2/c1-14(2)6-7-16-13(19)12(9-18)17(14)11-5-3-4-10(15)8-11/h3-5,8,12,18H,6-7,9H2,1-2H3,(H,16,19). The number of aliphatic hydroxyl groups excluding tert-OH is 1. The predicted octanol–water partition coefficient (Wildman–Crippen LogP) is 1.29. The molecule has 4 nitrogen and oxygen atoms in total. The minimum Gasteiger partial charge on any atom is -0.394 e. The average Bonchev–Trinajstić information content (AvgIpc) is 2.45. The lowest BCUT2D eigenvalue weighted by molar-refractivity contribution is -0.122. The zero-order chi connectivity index (χ0) is 14.0. The van der Waals surface area contributed by atoms with Crippen molar-refractivity contribution in [1.82, 2.24) is 5.32 Å². The summed E-state index contributed by atoms with van der Waals surface area (Å²) < 4.78 is 13.4. The van der Waals surface area contributed by atoms with E-state index in [1.807, 2.05) is 13.8 Å². The molecule has 1 aromatic rings. The van der Waals surface area contributed by atoms with E-state index in [-0.39, 0.29) is 23.9 Å². The Balaban J connectivity index is 2.48. The fraction of sp³-hybridized carbons (Fsp3) is 0.500. The van der Waals surface area contributed by atoms with Gasteiger partial charge in [0.2, 0.25) is 5.91 Å². The zero-order valence-corrected chi connectivity index (χ0v) is 11.2. The normalized spacial score (nSPS) is 22.8. The molecule has 0 spiro atoms. The van der Waals surface area contributed by atoms with Crippen molar-refractivity contribution < 1.29 is 14.3 Å². The second-order valence-corrected chi connectivity index (χ2v) is 5.40. The van der Waals surface area contributed by atoms with E-state index < -0.39 is 6.04 Å². The maximum Gasteiger partial charge on any atom is 0.245 e.